The van der Waals surface area contributed by atoms with Crippen LogP contribution >= 0.6 is 0 Å². The monoisotopic (exact) mass is 280 g/mol. The van der Waals surface area contributed by atoms with E-state index in [0.717, 1.165) is 0 Å². The highest BCUT2D eigenvalue weighted by molar-refractivity contribution is 7.79. The fourth-order valence-corrected chi connectivity index (χ4v) is 2.53. The van der Waals surface area contributed by atoms with Gasteiger partial charge in [-0.05, 0) is 51.5 Å². The third kappa shape index (κ3) is 2.73. The molecule has 0 saturated carbocycles. The van der Waals surface area contributed by atoms with Crippen LogP contribution in [0.1, 0.15) is 0 Å². The molecule has 0 aliphatic heterocycles. The molecule has 0 spiro atoms. The lowest BCUT2D eigenvalue weighted by Crippen LogP contribution is -1.96. The van der Waals surface area contributed by atoms with Gasteiger partial charge < -0.3 is 9.11 Å². The summed E-state index contributed by atoms with van der Waals surface area (Å²) in [6, 6.07) is 12.7. The molecule has 94 valence electrons. The van der Waals surface area contributed by atoms with Crippen LogP contribution in [0.15, 0.2) is 58.3 Å². The standard InChI is InChI=1S/C12H10O4S2/c13-17(14)10-6-7-12(18(15)16)11(8-10)9-4-2-1-3-5-9/h1-8H,(H,13,14)(H,15,16)/p-2. The molecule has 0 aliphatic carbocycles. The second-order valence-corrected chi connectivity index (χ2v) is 5.34. The average molecular weight is 280 g/mol. The maximum atomic E-state index is 11.1. The van der Waals surface area contributed by atoms with E-state index in [1.54, 1.807) is 30.3 Å². The normalized spacial score (nSPS) is 14.1. The number of rotatable bonds is 3. The summed E-state index contributed by atoms with van der Waals surface area (Å²) in [5, 5.41) is 0. The Morgan fingerprint density at radius 1 is 0.833 bits per heavy atom. The minimum Gasteiger partial charge on any atom is -0.768 e. The van der Waals surface area contributed by atoms with Gasteiger partial charge in [0.25, 0.3) is 0 Å². The molecule has 2 aromatic rings. The largest absolute Gasteiger partial charge is 0.768 e. The van der Waals surface area contributed by atoms with Gasteiger partial charge in [0, 0.05) is 9.79 Å². The van der Waals surface area contributed by atoms with Crippen LogP contribution < -0.4 is 0 Å². The third-order valence-electron chi connectivity index (χ3n) is 2.41. The molecule has 2 unspecified atom stereocenters. The summed E-state index contributed by atoms with van der Waals surface area (Å²) in [6.45, 7) is 0. The maximum absolute atomic E-state index is 11.1. The van der Waals surface area contributed by atoms with Gasteiger partial charge in [-0.3, -0.25) is 8.42 Å². The summed E-state index contributed by atoms with van der Waals surface area (Å²) in [7, 11) is 0. The smallest absolute Gasteiger partial charge is 0.0328 e. The van der Waals surface area contributed by atoms with Crippen molar-refractivity contribution in [1.29, 1.82) is 0 Å². The minimum atomic E-state index is -2.41. The Kier molecular flexibility index (Phi) is 4.03. The molecule has 0 aromatic heterocycles. The molecule has 0 fully saturated rings. The molecule has 2 rings (SSSR count). The molecule has 0 heterocycles. The average Bonchev–Trinajstić information content (AvgIpc) is 2.39. The van der Waals surface area contributed by atoms with E-state index in [0.29, 0.717) is 11.1 Å². The van der Waals surface area contributed by atoms with Crippen LogP contribution in [0.3, 0.4) is 0 Å². The van der Waals surface area contributed by atoms with Crippen LogP contribution in [0, 0.1) is 0 Å². The Hall–Kier alpha value is -1.34. The highest BCUT2D eigenvalue weighted by atomic mass is 32.2. The van der Waals surface area contributed by atoms with Gasteiger partial charge in [0.15, 0.2) is 0 Å². The molecule has 2 atom stereocenters. The van der Waals surface area contributed by atoms with Gasteiger partial charge in [-0.1, -0.05) is 30.3 Å². The zero-order valence-corrected chi connectivity index (χ0v) is 10.7. The van der Waals surface area contributed by atoms with E-state index in [1.807, 2.05) is 0 Å². The molecule has 0 amide bonds. The van der Waals surface area contributed by atoms with E-state index in [4.69, 9.17) is 0 Å². The number of hydrogen-bond acceptors (Lipinski definition) is 4. The Morgan fingerprint density at radius 2 is 1.50 bits per heavy atom. The Bertz CT molecular complexity index is 611. The van der Waals surface area contributed by atoms with Crippen molar-refractivity contribution < 1.29 is 17.5 Å². The Morgan fingerprint density at radius 3 is 2.06 bits per heavy atom. The summed E-state index contributed by atoms with van der Waals surface area (Å²) >= 11 is -4.80. The first-order valence-corrected chi connectivity index (χ1v) is 7.12. The molecule has 0 N–H and O–H groups in total. The first kappa shape index (κ1) is 13.1. The third-order valence-corrected chi connectivity index (χ3v) is 3.76. The zero-order valence-electron chi connectivity index (χ0n) is 9.07. The van der Waals surface area contributed by atoms with Gasteiger partial charge in [0.1, 0.15) is 0 Å². The zero-order chi connectivity index (χ0) is 13.1. The van der Waals surface area contributed by atoms with Gasteiger partial charge in [0.2, 0.25) is 0 Å². The van der Waals surface area contributed by atoms with Gasteiger partial charge in [-0.15, -0.1) is 0 Å². The van der Waals surface area contributed by atoms with Gasteiger partial charge >= 0.3 is 0 Å². The Labute approximate surface area is 109 Å². The lowest BCUT2D eigenvalue weighted by molar-refractivity contribution is 0.533. The SMILES string of the molecule is O=S([O-])c1ccc(S(=O)[O-])c(-c2ccccc2)c1. The molecule has 0 radical (unpaired) electrons. The van der Waals surface area contributed by atoms with Crippen LogP contribution in [0.4, 0.5) is 0 Å². The van der Waals surface area contributed by atoms with E-state index >= 15 is 0 Å². The molecular formula is C12H8O4S2-2. The van der Waals surface area contributed by atoms with E-state index in [-0.39, 0.29) is 9.79 Å². The minimum absolute atomic E-state index is 0.0584. The lowest BCUT2D eigenvalue weighted by Gasteiger charge is -2.15. The summed E-state index contributed by atoms with van der Waals surface area (Å²) in [5.41, 5.74) is 1.04. The molecule has 0 aliphatic rings. The van der Waals surface area contributed by atoms with Crippen LogP contribution in [-0.4, -0.2) is 17.5 Å². The second kappa shape index (κ2) is 5.53. The van der Waals surface area contributed by atoms with Crippen molar-refractivity contribution in [3.05, 3.63) is 48.5 Å². The predicted octanol–water partition coefficient (Wildman–Crippen LogP) is 1.83. The highest BCUT2D eigenvalue weighted by Crippen LogP contribution is 2.27. The first-order valence-electron chi connectivity index (χ1n) is 4.97. The maximum Gasteiger partial charge on any atom is 0.0328 e. The van der Waals surface area contributed by atoms with Crippen molar-refractivity contribution in [1.82, 2.24) is 0 Å². The molecule has 18 heavy (non-hydrogen) atoms. The van der Waals surface area contributed by atoms with E-state index in [9.17, 15) is 17.5 Å². The second-order valence-electron chi connectivity index (χ2n) is 3.49. The van der Waals surface area contributed by atoms with Crippen molar-refractivity contribution in [2.45, 2.75) is 9.79 Å². The number of hydrogen-bond donors (Lipinski definition) is 0. The topological polar surface area (TPSA) is 80.3 Å². The van der Waals surface area contributed by atoms with E-state index in [1.165, 1.54) is 18.2 Å². The first-order chi connectivity index (χ1) is 8.59. The van der Waals surface area contributed by atoms with Crippen molar-refractivity contribution in [3.63, 3.8) is 0 Å². The molecule has 2 aromatic carbocycles. The summed E-state index contributed by atoms with van der Waals surface area (Å²) in [6.07, 6.45) is 0. The quantitative estimate of drug-likeness (QED) is 0.803. The van der Waals surface area contributed by atoms with Crippen LogP contribution in [0.2, 0.25) is 0 Å². The van der Waals surface area contributed by atoms with E-state index < -0.39 is 22.2 Å². The number of benzene rings is 2. The summed E-state index contributed by atoms with van der Waals surface area (Å²) in [4.78, 5) is 0.137. The van der Waals surface area contributed by atoms with Crippen molar-refractivity contribution in [2.75, 3.05) is 0 Å². The molecule has 0 saturated heterocycles. The summed E-state index contributed by atoms with van der Waals surface area (Å²) in [5.74, 6) is 0. The fourth-order valence-electron chi connectivity index (χ4n) is 1.60. The van der Waals surface area contributed by atoms with Gasteiger partial charge in [0.05, 0.1) is 0 Å². The lowest BCUT2D eigenvalue weighted by atomic mass is 10.1. The van der Waals surface area contributed by atoms with Gasteiger partial charge in [-0.25, -0.2) is 0 Å². The van der Waals surface area contributed by atoms with E-state index in [2.05, 4.69) is 0 Å². The van der Waals surface area contributed by atoms with Crippen molar-refractivity contribution in [2.24, 2.45) is 0 Å². The Balaban J connectivity index is 2.65. The van der Waals surface area contributed by atoms with Crippen LogP contribution in [0.25, 0.3) is 11.1 Å². The fraction of sp³-hybridized carbons (Fsp3) is 0. The molecular weight excluding hydrogens is 272 g/mol. The van der Waals surface area contributed by atoms with Crippen LogP contribution in [0.5, 0.6) is 0 Å². The van der Waals surface area contributed by atoms with Gasteiger partial charge in [-0.2, -0.15) is 0 Å². The highest BCUT2D eigenvalue weighted by Gasteiger charge is 2.07. The van der Waals surface area contributed by atoms with Crippen molar-refractivity contribution >= 4 is 22.2 Å². The van der Waals surface area contributed by atoms with Crippen molar-refractivity contribution in [3.8, 4) is 11.1 Å². The van der Waals surface area contributed by atoms with Crippen LogP contribution in [-0.2, 0) is 22.2 Å². The molecule has 0 bridgehead atoms. The molecule has 4 nitrogen and oxygen atoms in total. The molecule has 6 heteroatoms. The predicted molar refractivity (Wildman–Crippen MR) is 66.2 cm³/mol. The summed E-state index contributed by atoms with van der Waals surface area (Å²) < 4.78 is 44.1.